The Morgan fingerprint density at radius 3 is 2.86 bits per heavy atom. The third kappa shape index (κ3) is 2.26. The summed E-state index contributed by atoms with van der Waals surface area (Å²) in [5, 5.41) is 0.446. The molecule has 0 saturated heterocycles. The third-order valence-corrected chi connectivity index (χ3v) is 4.74. The van der Waals surface area contributed by atoms with Gasteiger partial charge in [0.1, 0.15) is 11.6 Å². The number of hydrogen-bond acceptors (Lipinski definition) is 5. The highest BCUT2D eigenvalue weighted by Gasteiger charge is 2.19. The fourth-order valence-electron chi connectivity index (χ4n) is 2.39. The molecule has 0 unspecified atom stereocenters. The molecule has 0 amide bonds. The molecule has 0 N–H and O–H groups in total. The number of aromatic nitrogens is 3. The summed E-state index contributed by atoms with van der Waals surface area (Å²) in [4.78, 5) is 21.8. The minimum atomic E-state index is -0.0607. The minimum Gasteiger partial charge on any atom is -0.431 e. The molecule has 1 aromatic carbocycles. The first-order valence-electron chi connectivity index (χ1n) is 6.54. The molecule has 7 heteroatoms. The largest absolute Gasteiger partial charge is 0.431 e. The van der Waals surface area contributed by atoms with E-state index < -0.39 is 0 Å². The Balaban J connectivity index is 1.76. The molecule has 0 fully saturated rings. The number of fused-ring (bicyclic) bond motifs is 2. The van der Waals surface area contributed by atoms with Gasteiger partial charge in [-0.25, -0.2) is 4.98 Å². The van der Waals surface area contributed by atoms with Crippen LogP contribution in [0.5, 0.6) is 10.9 Å². The number of aryl methyl sites for hydroxylation is 1. The zero-order chi connectivity index (χ0) is 14.4. The van der Waals surface area contributed by atoms with Crippen LogP contribution in [0, 0.1) is 0 Å². The normalized spacial score (nSPS) is 13.6. The van der Waals surface area contributed by atoms with Gasteiger partial charge in [-0.15, -0.1) is 0 Å². The molecule has 0 aliphatic carbocycles. The number of thiazole rings is 1. The van der Waals surface area contributed by atoms with Crippen LogP contribution in [0.3, 0.4) is 0 Å². The number of ether oxygens (including phenoxy) is 1. The first-order valence-corrected chi connectivity index (χ1v) is 8.15. The van der Waals surface area contributed by atoms with E-state index in [1.54, 1.807) is 4.57 Å². The Kier molecular flexibility index (Phi) is 3.04. The summed E-state index contributed by atoms with van der Waals surface area (Å²) < 4.78 is 8.40. The van der Waals surface area contributed by atoms with Gasteiger partial charge < -0.3 is 4.74 Å². The fourth-order valence-corrected chi connectivity index (χ4v) is 3.48. The van der Waals surface area contributed by atoms with E-state index in [0.717, 1.165) is 29.7 Å². The molecular formula is C14H10BrN3O2S. The van der Waals surface area contributed by atoms with Crippen LogP contribution in [0.15, 0.2) is 33.5 Å². The molecule has 0 atom stereocenters. The maximum atomic E-state index is 12.3. The Bertz CT molecular complexity index is 886. The lowest BCUT2D eigenvalue weighted by Crippen LogP contribution is -2.20. The molecule has 2 aromatic heterocycles. The van der Waals surface area contributed by atoms with Crippen LogP contribution < -0.4 is 10.3 Å². The average molecular weight is 364 g/mol. The van der Waals surface area contributed by atoms with Gasteiger partial charge in [0.15, 0.2) is 10.3 Å². The van der Waals surface area contributed by atoms with Crippen molar-refractivity contribution in [1.29, 1.82) is 0 Å². The van der Waals surface area contributed by atoms with E-state index in [2.05, 4.69) is 25.9 Å². The van der Waals surface area contributed by atoms with Gasteiger partial charge in [0, 0.05) is 17.4 Å². The van der Waals surface area contributed by atoms with Crippen LogP contribution in [-0.4, -0.2) is 14.5 Å². The van der Waals surface area contributed by atoms with Crippen LogP contribution in [0.4, 0.5) is 0 Å². The lowest BCUT2D eigenvalue weighted by molar-refractivity contribution is 0.480. The predicted octanol–water partition coefficient (Wildman–Crippen LogP) is 3.35. The lowest BCUT2D eigenvalue weighted by atomic mass is 10.3. The molecule has 1 aliphatic heterocycles. The Morgan fingerprint density at radius 2 is 2.05 bits per heavy atom. The zero-order valence-electron chi connectivity index (χ0n) is 10.9. The van der Waals surface area contributed by atoms with Crippen molar-refractivity contribution in [1.82, 2.24) is 14.5 Å². The van der Waals surface area contributed by atoms with Gasteiger partial charge >= 0.3 is 0 Å². The summed E-state index contributed by atoms with van der Waals surface area (Å²) in [5.41, 5.74) is 0.340. The fraction of sp³-hybridized carbons (Fsp3) is 0.214. The van der Waals surface area contributed by atoms with Crippen molar-refractivity contribution in [3.05, 3.63) is 44.9 Å². The minimum absolute atomic E-state index is 0.0607. The predicted molar refractivity (Wildman–Crippen MR) is 84.2 cm³/mol. The third-order valence-electron chi connectivity index (χ3n) is 3.38. The van der Waals surface area contributed by atoms with E-state index in [9.17, 15) is 4.79 Å². The number of hydrogen-bond donors (Lipinski definition) is 0. The second-order valence-corrected chi connectivity index (χ2v) is 6.63. The summed E-state index contributed by atoms with van der Waals surface area (Å²) in [5.74, 6) is 1.54. The first-order chi connectivity index (χ1) is 10.2. The van der Waals surface area contributed by atoms with Crippen molar-refractivity contribution < 1.29 is 4.74 Å². The second-order valence-electron chi connectivity index (χ2n) is 4.78. The van der Waals surface area contributed by atoms with E-state index in [4.69, 9.17) is 4.74 Å². The lowest BCUT2D eigenvalue weighted by Gasteiger charge is -2.00. The SMILES string of the molecule is O=c1c2nc(Oc3ccc(Br)cc3)sc2nc2n1CCC2. The van der Waals surface area contributed by atoms with Crippen LogP contribution in [0.25, 0.3) is 10.3 Å². The highest BCUT2D eigenvalue weighted by Crippen LogP contribution is 2.30. The van der Waals surface area contributed by atoms with Crippen molar-refractivity contribution in [2.24, 2.45) is 0 Å². The van der Waals surface area contributed by atoms with Crippen LogP contribution in [-0.2, 0) is 13.0 Å². The quantitative estimate of drug-likeness (QED) is 0.700. The summed E-state index contributed by atoms with van der Waals surface area (Å²) in [7, 11) is 0. The van der Waals surface area contributed by atoms with Gasteiger partial charge in [-0.3, -0.25) is 9.36 Å². The number of rotatable bonds is 2. The molecule has 0 radical (unpaired) electrons. The summed E-state index contributed by atoms with van der Waals surface area (Å²) >= 11 is 4.68. The van der Waals surface area contributed by atoms with Gasteiger partial charge in [-0.1, -0.05) is 27.3 Å². The molecule has 0 spiro atoms. The van der Waals surface area contributed by atoms with Crippen LogP contribution in [0.1, 0.15) is 12.2 Å². The summed E-state index contributed by atoms with van der Waals surface area (Å²) in [6, 6.07) is 7.47. The molecular weight excluding hydrogens is 354 g/mol. The number of halogens is 1. The smallest absolute Gasteiger partial charge is 0.281 e. The van der Waals surface area contributed by atoms with E-state index in [1.807, 2.05) is 24.3 Å². The molecule has 1 aliphatic rings. The molecule has 106 valence electrons. The number of nitrogens with zero attached hydrogens (tertiary/aromatic N) is 3. The van der Waals surface area contributed by atoms with E-state index >= 15 is 0 Å². The van der Waals surface area contributed by atoms with Crippen molar-refractivity contribution in [3.8, 4) is 10.9 Å². The maximum absolute atomic E-state index is 12.3. The van der Waals surface area contributed by atoms with Gasteiger partial charge in [-0.2, -0.15) is 4.98 Å². The topological polar surface area (TPSA) is 57.0 Å². The molecule has 3 aromatic rings. The first kappa shape index (κ1) is 13.0. The Morgan fingerprint density at radius 1 is 1.24 bits per heavy atom. The standard InChI is InChI=1S/C14H10BrN3O2S/c15-8-3-5-9(6-4-8)20-14-17-11-12(21-14)16-10-2-1-7-18(10)13(11)19/h3-6H,1-2,7H2. The molecule has 4 rings (SSSR count). The summed E-state index contributed by atoms with van der Waals surface area (Å²) in [6.07, 6.45) is 1.83. The number of benzene rings is 1. The van der Waals surface area contributed by atoms with Crippen molar-refractivity contribution in [2.75, 3.05) is 0 Å². The Hall–Kier alpha value is -1.73. The highest BCUT2D eigenvalue weighted by molar-refractivity contribution is 9.10. The molecule has 0 saturated carbocycles. The van der Waals surface area contributed by atoms with Crippen molar-refractivity contribution >= 4 is 37.6 Å². The zero-order valence-corrected chi connectivity index (χ0v) is 13.3. The molecule has 3 heterocycles. The van der Waals surface area contributed by atoms with Gasteiger partial charge in [-0.05, 0) is 30.7 Å². The van der Waals surface area contributed by atoms with Crippen molar-refractivity contribution in [2.45, 2.75) is 19.4 Å². The second kappa shape index (κ2) is 4.92. The molecule has 21 heavy (non-hydrogen) atoms. The highest BCUT2D eigenvalue weighted by atomic mass is 79.9. The van der Waals surface area contributed by atoms with Gasteiger partial charge in [0.25, 0.3) is 10.8 Å². The maximum Gasteiger partial charge on any atom is 0.281 e. The van der Waals surface area contributed by atoms with E-state index in [1.165, 1.54) is 11.3 Å². The Labute approximate surface area is 132 Å². The van der Waals surface area contributed by atoms with E-state index in [0.29, 0.717) is 21.3 Å². The molecule has 5 nitrogen and oxygen atoms in total. The van der Waals surface area contributed by atoms with Crippen LogP contribution >= 0.6 is 27.3 Å². The van der Waals surface area contributed by atoms with E-state index in [-0.39, 0.29) is 5.56 Å². The van der Waals surface area contributed by atoms with Crippen LogP contribution in [0.2, 0.25) is 0 Å². The van der Waals surface area contributed by atoms with Gasteiger partial charge in [0.2, 0.25) is 0 Å². The monoisotopic (exact) mass is 363 g/mol. The summed E-state index contributed by atoms with van der Waals surface area (Å²) in [6.45, 7) is 0.734. The average Bonchev–Trinajstić information content (AvgIpc) is 3.08. The van der Waals surface area contributed by atoms with Crippen molar-refractivity contribution in [3.63, 3.8) is 0 Å². The molecule has 0 bridgehead atoms. The van der Waals surface area contributed by atoms with Gasteiger partial charge in [0.05, 0.1) is 0 Å².